The van der Waals surface area contributed by atoms with Crippen molar-refractivity contribution in [1.29, 1.82) is 0 Å². The second kappa shape index (κ2) is 6.96. The molecule has 2 heterocycles. The van der Waals surface area contributed by atoms with Gasteiger partial charge in [-0.05, 0) is 6.07 Å². The van der Waals surface area contributed by atoms with E-state index < -0.39 is 30.2 Å². The Kier molecular flexibility index (Phi) is 5.26. The van der Waals surface area contributed by atoms with E-state index in [0.29, 0.717) is 6.61 Å². The summed E-state index contributed by atoms with van der Waals surface area (Å²) in [5.41, 5.74) is 4.82. The highest BCUT2D eigenvalue weighted by Crippen LogP contribution is 2.30. The van der Waals surface area contributed by atoms with E-state index in [9.17, 15) is 15.0 Å². The van der Waals surface area contributed by atoms with E-state index in [-0.39, 0.29) is 19.0 Å². The molecule has 1 aromatic heterocycles. The summed E-state index contributed by atoms with van der Waals surface area (Å²) in [7, 11) is 1.52. The number of nitrogens with zero attached hydrogens (tertiary/aromatic N) is 2. The molecule has 0 amide bonds. The fraction of sp³-hybridized carbons (Fsp3) is 0.667. The second-order valence-electron chi connectivity index (χ2n) is 4.61. The molecule has 21 heavy (non-hydrogen) atoms. The van der Waals surface area contributed by atoms with Crippen LogP contribution in [0.1, 0.15) is 6.23 Å². The molecule has 0 radical (unpaired) electrons. The third kappa shape index (κ3) is 3.39. The largest absolute Gasteiger partial charge is 0.394 e. The number of nitrogens with two attached hydrogens (primary N) is 1. The first-order valence-corrected chi connectivity index (χ1v) is 6.48. The molecule has 0 aliphatic carbocycles. The van der Waals surface area contributed by atoms with Gasteiger partial charge in [-0.2, -0.15) is 4.98 Å². The quantitative estimate of drug-likeness (QED) is 0.520. The molecule has 1 aliphatic rings. The Balaban J connectivity index is 2.23. The van der Waals surface area contributed by atoms with Gasteiger partial charge in [-0.1, -0.05) is 0 Å². The van der Waals surface area contributed by atoms with Gasteiger partial charge in [-0.15, -0.1) is 0 Å². The molecule has 1 aliphatic heterocycles. The van der Waals surface area contributed by atoms with Crippen molar-refractivity contribution in [3.8, 4) is 0 Å². The maximum atomic E-state index is 11.9. The first-order valence-electron chi connectivity index (χ1n) is 6.48. The average molecular weight is 301 g/mol. The summed E-state index contributed by atoms with van der Waals surface area (Å²) in [4.78, 5) is 15.5. The molecule has 4 atom stereocenters. The molecule has 9 heteroatoms. The van der Waals surface area contributed by atoms with Gasteiger partial charge in [0.1, 0.15) is 24.1 Å². The summed E-state index contributed by atoms with van der Waals surface area (Å²) in [6.07, 6.45) is -2.21. The van der Waals surface area contributed by atoms with Gasteiger partial charge >= 0.3 is 5.69 Å². The Morgan fingerprint density at radius 1 is 1.52 bits per heavy atom. The molecule has 1 aromatic rings. The van der Waals surface area contributed by atoms with Crippen LogP contribution in [-0.2, 0) is 14.2 Å². The highest BCUT2D eigenvalue weighted by Gasteiger charge is 2.45. The smallest absolute Gasteiger partial charge is 0.351 e. The molecule has 9 nitrogen and oxygen atoms in total. The van der Waals surface area contributed by atoms with Crippen molar-refractivity contribution < 1.29 is 24.4 Å². The Bertz CT molecular complexity index is 522. The van der Waals surface area contributed by atoms with Crippen molar-refractivity contribution >= 4 is 5.82 Å². The molecule has 0 unspecified atom stereocenters. The van der Waals surface area contributed by atoms with Crippen molar-refractivity contribution in [2.24, 2.45) is 0 Å². The third-order valence-corrected chi connectivity index (χ3v) is 3.22. The van der Waals surface area contributed by atoms with E-state index in [0.717, 1.165) is 0 Å². The van der Waals surface area contributed by atoms with Crippen LogP contribution < -0.4 is 11.4 Å². The number of nitrogen functional groups attached to an aromatic ring is 1. The normalized spacial score (nSPS) is 28.9. The van der Waals surface area contributed by atoms with Crippen molar-refractivity contribution in [2.75, 3.05) is 32.7 Å². The van der Waals surface area contributed by atoms with E-state index >= 15 is 0 Å². The number of hydrogen-bond acceptors (Lipinski definition) is 8. The van der Waals surface area contributed by atoms with Gasteiger partial charge in [0.05, 0.1) is 19.8 Å². The highest BCUT2D eigenvalue weighted by atomic mass is 16.6. The monoisotopic (exact) mass is 301 g/mol. The molecule has 0 bridgehead atoms. The predicted molar refractivity (Wildman–Crippen MR) is 71.5 cm³/mol. The Hall–Kier alpha value is -1.52. The number of aliphatic hydroxyl groups excluding tert-OH is 2. The van der Waals surface area contributed by atoms with Gasteiger partial charge in [0.25, 0.3) is 0 Å². The minimum Gasteiger partial charge on any atom is -0.394 e. The molecule has 1 fully saturated rings. The van der Waals surface area contributed by atoms with Crippen LogP contribution in [0.3, 0.4) is 0 Å². The van der Waals surface area contributed by atoms with E-state index in [1.165, 1.54) is 23.9 Å². The maximum Gasteiger partial charge on any atom is 0.351 e. The SMILES string of the molecule is COCCO[C@@H]1[C@@H](O)[C@@H](CO)O[C@@H]1n1ccc(N)nc1=O. The standard InChI is InChI=1S/C12H19N3O6/c1-19-4-5-20-10-9(17)7(6-16)21-11(10)15-3-2-8(13)14-12(15)18/h2-3,7,9-11,16-17H,4-6H2,1H3,(H2,13,14,18)/t7-,9+,10-,11+/m1/s1. The lowest BCUT2D eigenvalue weighted by molar-refractivity contribution is -0.0818. The molecule has 0 saturated carbocycles. The molecule has 4 N–H and O–H groups in total. The summed E-state index contributed by atoms with van der Waals surface area (Å²) in [5.74, 6) is 0.0883. The highest BCUT2D eigenvalue weighted by molar-refractivity contribution is 5.23. The zero-order chi connectivity index (χ0) is 15.4. The lowest BCUT2D eigenvalue weighted by Gasteiger charge is -2.22. The second-order valence-corrected chi connectivity index (χ2v) is 4.61. The number of rotatable bonds is 6. The van der Waals surface area contributed by atoms with E-state index in [1.54, 1.807) is 0 Å². The van der Waals surface area contributed by atoms with Gasteiger partial charge in [-0.3, -0.25) is 4.57 Å². The molecular weight excluding hydrogens is 282 g/mol. The average Bonchev–Trinajstić information content (AvgIpc) is 2.76. The van der Waals surface area contributed by atoms with Crippen LogP contribution in [0.4, 0.5) is 5.82 Å². The molecule has 1 saturated heterocycles. The molecule has 0 aromatic carbocycles. The van der Waals surface area contributed by atoms with Gasteiger partial charge in [0, 0.05) is 13.3 Å². The topological polar surface area (TPSA) is 129 Å². The summed E-state index contributed by atoms with van der Waals surface area (Å²) in [6, 6.07) is 1.44. The molecule has 2 rings (SSSR count). The minimum absolute atomic E-state index is 0.0883. The minimum atomic E-state index is -1.07. The summed E-state index contributed by atoms with van der Waals surface area (Å²) >= 11 is 0. The number of aliphatic hydroxyl groups is 2. The fourth-order valence-electron chi connectivity index (χ4n) is 2.16. The number of aromatic nitrogens is 2. The Morgan fingerprint density at radius 3 is 2.90 bits per heavy atom. The van der Waals surface area contributed by atoms with Crippen LogP contribution in [0, 0.1) is 0 Å². The van der Waals surface area contributed by atoms with Crippen molar-refractivity contribution in [3.05, 3.63) is 22.7 Å². The van der Waals surface area contributed by atoms with E-state index in [1.807, 2.05) is 0 Å². The van der Waals surface area contributed by atoms with Gasteiger partial charge < -0.3 is 30.2 Å². The first-order chi connectivity index (χ1) is 10.1. The number of ether oxygens (including phenoxy) is 3. The molecular formula is C12H19N3O6. The van der Waals surface area contributed by atoms with Crippen LogP contribution in [0.15, 0.2) is 17.1 Å². The fourth-order valence-corrected chi connectivity index (χ4v) is 2.16. The number of methoxy groups -OCH3 is 1. The third-order valence-electron chi connectivity index (χ3n) is 3.22. The zero-order valence-corrected chi connectivity index (χ0v) is 11.6. The molecule has 0 spiro atoms. The Morgan fingerprint density at radius 2 is 2.29 bits per heavy atom. The van der Waals surface area contributed by atoms with Crippen LogP contribution in [0.2, 0.25) is 0 Å². The Labute approximate surface area is 120 Å². The van der Waals surface area contributed by atoms with Gasteiger partial charge in [0.15, 0.2) is 6.23 Å². The van der Waals surface area contributed by atoms with Crippen molar-refractivity contribution in [2.45, 2.75) is 24.5 Å². The predicted octanol–water partition coefficient (Wildman–Crippen LogP) is -1.89. The lowest BCUT2D eigenvalue weighted by atomic mass is 10.1. The van der Waals surface area contributed by atoms with Crippen LogP contribution in [0.5, 0.6) is 0 Å². The number of anilines is 1. The van der Waals surface area contributed by atoms with Crippen LogP contribution >= 0.6 is 0 Å². The lowest BCUT2D eigenvalue weighted by Crippen LogP contribution is -2.38. The summed E-state index contributed by atoms with van der Waals surface area (Å²) < 4.78 is 17.0. The first kappa shape index (κ1) is 15.9. The summed E-state index contributed by atoms with van der Waals surface area (Å²) in [5, 5.41) is 19.3. The van der Waals surface area contributed by atoms with Gasteiger partial charge in [0.2, 0.25) is 0 Å². The van der Waals surface area contributed by atoms with Crippen LogP contribution in [-0.4, -0.2) is 65.0 Å². The van der Waals surface area contributed by atoms with E-state index in [4.69, 9.17) is 19.9 Å². The summed E-state index contributed by atoms with van der Waals surface area (Å²) in [6.45, 7) is 0.154. The van der Waals surface area contributed by atoms with Crippen molar-refractivity contribution in [1.82, 2.24) is 9.55 Å². The van der Waals surface area contributed by atoms with Crippen LogP contribution in [0.25, 0.3) is 0 Å². The number of hydrogen-bond donors (Lipinski definition) is 3. The zero-order valence-electron chi connectivity index (χ0n) is 11.6. The van der Waals surface area contributed by atoms with E-state index in [2.05, 4.69) is 4.98 Å². The molecule has 118 valence electrons. The van der Waals surface area contributed by atoms with Crippen molar-refractivity contribution in [3.63, 3.8) is 0 Å². The van der Waals surface area contributed by atoms with Gasteiger partial charge in [-0.25, -0.2) is 4.79 Å². The maximum absolute atomic E-state index is 11.9.